The van der Waals surface area contributed by atoms with E-state index in [-0.39, 0.29) is 0 Å². The van der Waals surface area contributed by atoms with Crippen molar-refractivity contribution in [2.24, 2.45) is 0 Å². The third-order valence-electron chi connectivity index (χ3n) is 2.19. The number of hydrogen-bond donors (Lipinski definition) is 2. The molecule has 0 aliphatic rings. The van der Waals surface area contributed by atoms with Gasteiger partial charge >= 0.3 is 6.03 Å². The Morgan fingerprint density at radius 1 is 1.35 bits per heavy atom. The number of hydroxylamine groups is 2. The molecule has 1 rings (SSSR count). The molecule has 0 radical (unpaired) electrons. The highest BCUT2D eigenvalue weighted by Crippen LogP contribution is 2.27. The van der Waals surface area contributed by atoms with E-state index in [1.54, 1.807) is 32.4 Å². The Balaban J connectivity index is 2.69. The van der Waals surface area contributed by atoms with Crippen molar-refractivity contribution in [2.45, 2.75) is 6.54 Å². The molecule has 0 aliphatic carbocycles. The second-order valence-electron chi connectivity index (χ2n) is 3.37. The number of carbonyl (C=O) groups excluding carboxylic acids is 1. The fraction of sp³-hybridized carbons (Fsp3) is 0.364. The molecule has 0 aliphatic heterocycles. The lowest BCUT2D eigenvalue weighted by atomic mass is 10.2. The quantitative estimate of drug-likeness (QED) is 0.613. The van der Waals surface area contributed by atoms with Crippen LogP contribution in [-0.2, 0) is 6.54 Å². The smallest absolute Gasteiger partial charge is 0.341 e. The van der Waals surface area contributed by atoms with Crippen molar-refractivity contribution in [1.82, 2.24) is 10.4 Å². The summed E-state index contributed by atoms with van der Waals surface area (Å²) in [5.74, 6) is 1.22. The number of ether oxygens (including phenoxy) is 2. The molecule has 1 aromatic carbocycles. The van der Waals surface area contributed by atoms with Crippen molar-refractivity contribution in [1.29, 1.82) is 0 Å². The molecule has 0 spiro atoms. The topological polar surface area (TPSA) is 71.0 Å². The Labute approximate surface area is 99.7 Å². The van der Waals surface area contributed by atoms with E-state index in [1.807, 2.05) is 0 Å². The van der Waals surface area contributed by atoms with Crippen molar-refractivity contribution < 1.29 is 19.5 Å². The summed E-state index contributed by atoms with van der Waals surface area (Å²) < 4.78 is 10.2. The van der Waals surface area contributed by atoms with Gasteiger partial charge in [0.1, 0.15) is 0 Å². The molecule has 2 amide bonds. The third kappa shape index (κ3) is 3.53. The highest BCUT2D eigenvalue weighted by Gasteiger charge is 2.07. The van der Waals surface area contributed by atoms with E-state index >= 15 is 0 Å². The van der Waals surface area contributed by atoms with Crippen LogP contribution in [0.3, 0.4) is 0 Å². The maximum atomic E-state index is 11.1. The molecule has 0 atom stereocenters. The van der Waals surface area contributed by atoms with E-state index in [9.17, 15) is 4.79 Å². The number of rotatable bonds is 4. The van der Waals surface area contributed by atoms with Crippen molar-refractivity contribution in [2.75, 3.05) is 21.3 Å². The summed E-state index contributed by atoms with van der Waals surface area (Å²) >= 11 is 0. The Bertz CT molecular complexity index is 393. The summed E-state index contributed by atoms with van der Waals surface area (Å²) in [5, 5.41) is 11.9. The fourth-order valence-electron chi connectivity index (χ4n) is 1.28. The van der Waals surface area contributed by atoms with Crippen LogP contribution in [0, 0.1) is 0 Å². The van der Waals surface area contributed by atoms with Crippen LogP contribution in [0.2, 0.25) is 0 Å². The normalized spacial score (nSPS) is 9.65. The van der Waals surface area contributed by atoms with E-state index < -0.39 is 6.03 Å². The predicted molar refractivity (Wildman–Crippen MR) is 61.3 cm³/mol. The second kappa shape index (κ2) is 5.95. The molecule has 0 fully saturated rings. The monoisotopic (exact) mass is 240 g/mol. The van der Waals surface area contributed by atoms with Gasteiger partial charge in [0.05, 0.1) is 14.2 Å². The number of nitrogens with zero attached hydrogens (tertiary/aromatic N) is 1. The predicted octanol–water partition coefficient (Wildman–Crippen LogP) is 1.23. The first-order valence-corrected chi connectivity index (χ1v) is 4.99. The van der Waals surface area contributed by atoms with E-state index in [0.29, 0.717) is 23.1 Å². The largest absolute Gasteiger partial charge is 0.493 e. The standard InChI is InChI=1S/C11H16N2O4/c1-13(15)11(14)12-7-8-4-5-9(16-2)10(6-8)17-3/h4-6,15H,7H2,1-3H3,(H,12,14). The van der Waals surface area contributed by atoms with Gasteiger partial charge in [-0.05, 0) is 17.7 Å². The lowest BCUT2D eigenvalue weighted by Gasteiger charge is -2.12. The molecule has 0 heterocycles. The first kappa shape index (κ1) is 13.1. The van der Waals surface area contributed by atoms with Crippen molar-refractivity contribution >= 4 is 6.03 Å². The van der Waals surface area contributed by atoms with Gasteiger partial charge in [-0.25, -0.2) is 9.86 Å². The van der Waals surface area contributed by atoms with Gasteiger partial charge in [0.15, 0.2) is 11.5 Å². The molecule has 0 bridgehead atoms. The van der Waals surface area contributed by atoms with Crippen LogP contribution in [0.1, 0.15) is 5.56 Å². The minimum absolute atomic E-state index is 0.296. The minimum Gasteiger partial charge on any atom is -0.493 e. The van der Waals surface area contributed by atoms with Gasteiger partial charge in [-0.1, -0.05) is 6.07 Å². The van der Waals surface area contributed by atoms with E-state index in [4.69, 9.17) is 14.7 Å². The number of carbonyl (C=O) groups is 1. The van der Waals surface area contributed by atoms with Crippen LogP contribution in [0.5, 0.6) is 11.5 Å². The average Bonchev–Trinajstić information content (AvgIpc) is 2.35. The summed E-state index contributed by atoms with van der Waals surface area (Å²) in [6.07, 6.45) is 0. The number of urea groups is 1. The zero-order chi connectivity index (χ0) is 12.8. The van der Waals surface area contributed by atoms with Crippen molar-refractivity contribution in [3.63, 3.8) is 0 Å². The lowest BCUT2D eigenvalue weighted by molar-refractivity contribution is -0.0184. The molecule has 2 N–H and O–H groups in total. The zero-order valence-corrected chi connectivity index (χ0v) is 10.1. The molecule has 0 saturated carbocycles. The summed E-state index contributed by atoms with van der Waals surface area (Å²) in [6, 6.07) is 4.75. The molecule has 0 saturated heterocycles. The number of methoxy groups -OCH3 is 2. The van der Waals surface area contributed by atoms with Gasteiger partial charge in [-0.2, -0.15) is 0 Å². The zero-order valence-electron chi connectivity index (χ0n) is 10.1. The summed E-state index contributed by atoms with van der Waals surface area (Å²) in [7, 11) is 4.35. The molecule has 0 aromatic heterocycles. The molecule has 6 heteroatoms. The highest BCUT2D eigenvalue weighted by molar-refractivity contribution is 5.72. The number of benzene rings is 1. The molecular weight excluding hydrogens is 224 g/mol. The van der Waals surface area contributed by atoms with E-state index in [1.165, 1.54) is 7.05 Å². The van der Waals surface area contributed by atoms with E-state index in [2.05, 4.69) is 5.32 Å². The summed E-state index contributed by atoms with van der Waals surface area (Å²) in [4.78, 5) is 11.1. The average molecular weight is 240 g/mol. The second-order valence-corrected chi connectivity index (χ2v) is 3.37. The molecule has 6 nitrogen and oxygen atoms in total. The van der Waals surface area contributed by atoms with Gasteiger partial charge in [0.2, 0.25) is 0 Å². The molecule has 94 valence electrons. The first-order valence-electron chi connectivity index (χ1n) is 4.99. The Morgan fingerprint density at radius 2 is 2.00 bits per heavy atom. The first-order chi connectivity index (χ1) is 8.08. The summed E-state index contributed by atoms with van der Waals surface area (Å²) in [5.41, 5.74) is 0.845. The molecule has 0 unspecified atom stereocenters. The number of nitrogens with one attached hydrogen (secondary N) is 1. The molecular formula is C11H16N2O4. The third-order valence-corrected chi connectivity index (χ3v) is 2.19. The maximum absolute atomic E-state index is 11.1. The molecule has 1 aromatic rings. The van der Waals surface area contributed by atoms with Gasteiger partial charge in [0, 0.05) is 13.6 Å². The van der Waals surface area contributed by atoms with Crippen molar-refractivity contribution in [3.05, 3.63) is 23.8 Å². The molecule has 17 heavy (non-hydrogen) atoms. The van der Waals surface area contributed by atoms with Gasteiger partial charge in [-0.15, -0.1) is 0 Å². The highest BCUT2D eigenvalue weighted by atomic mass is 16.5. The van der Waals surface area contributed by atoms with Crippen LogP contribution < -0.4 is 14.8 Å². The Morgan fingerprint density at radius 3 is 2.53 bits per heavy atom. The van der Waals surface area contributed by atoms with Gasteiger partial charge < -0.3 is 14.8 Å². The Kier molecular flexibility index (Phi) is 4.59. The fourth-order valence-corrected chi connectivity index (χ4v) is 1.28. The van der Waals surface area contributed by atoms with Crippen LogP contribution in [0.25, 0.3) is 0 Å². The van der Waals surface area contributed by atoms with Gasteiger partial charge in [0.25, 0.3) is 0 Å². The number of hydrogen-bond acceptors (Lipinski definition) is 4. The SMILES string of the molecule is COc1ccc(CNC(=O)N(C)O)cc1OC. The maximum Gasteiger partial charge on any atom is 0.341 e. The van der Waals surface area contributed by atoms with Crippen LogP contribution in [0.4, 0.5) is 4.79 Å². The van der Waals surface area contributed by atoms with Gasteiger partial charge in [-0.3, -0.25) is 5.21 Å². The van der Waals surface area contributed by atoms with Crippen LogP contribution in [-0.4, -0.2) is 37.6 Å². The van der Waals surface area contributed by atoms with E-state index in [0.717, 1.165) is 5.56 Å². The lowest BCUT2D eigenvalue weighted by Crippen LogP contribution is -2.34. The van der Waals surface area contributed by atoms with Crippen LogP contribution >= 0.6 is 0 Å². The van der Waals surface area contributed by atoms with Crippen molar-refractivity contribution in [3.8, 4) is 11.5 Å². The number of amides is 2. The minimum atomic E-state index is -0.570. The van der Waals surface area contributed by atoms with Crippen LogP contribution in [0.15, 0.2) is 18.2 Å². The Hall–Kier alpha value is -1.95. The summed E-state index contributed by atoms with van der Waals surface area (Å²) in [6.45, 7) is 0.296.